The first-order valence-corrected chi connectivity index (χ1v) is 6.49. The Bertz CT molecular complexity index is 687. The van der Waals surface area contributed by atoms with Crippen molar-refractivity contribution in [2.75, 3.05) is 0 Å². The number of aromatic hydroxyl groups is 1. The Balaban J connectivity index is 1.96. The van der Waals surface area contributed by atoms with E-state index in [2.05, 4.69) is 10.9 Å². The van der Waals surface area contributed by atoms with Crippen molar-refractivity contribution in [2.24, 2.45) is 0 Å². The van der Waals surface area contributed by atoms with Gasteiger partial charge in [-0.25, -0.2) is 9.82 Å². The van der Waals surface area contributed by atoms with Crippen molar-refractivity contribution in [3.8, 4) is 5.75 Å². The van der Waals surface area contributed by atoms with Gasteiger partial charge in [0.1, 0.15) is 11.6 Å². The molecule has 3 rings (SSSR count). The van der Waals surface area contributed by atoms with Crippen molar-refractivity contribution in [3.05, 3.63) is 70.5 Å². The molecule has 1 unspecified atom stereocenters. The Hall–Kier alpha value is -2.04. The smallest absolute Gasteiger partial charge is 0.128 e. The first-order valence-electron chi connectivity index (χ1n) is 6.12. The number of rotatable bonds is 2. The molecule has 5 heteroatoms. The number of hydrogen-bond acceptors (Lipinski definition) is 3. The molecule has 0 fully saturated rings. The lowest BCUT2D eigenvalue weighted by Crippen LogP contribution is -2.26. The molecular weight excluding hydrogens is 279 g/mol. The topological polar surface area (TPSA) is 44.3 Å². The lowest BCUT2D eigenvalue weighted by molar-refractivity contribution is 0.472. The molecule has 0 amide bonds. The van der Waals surface area contributed by atoms with Gasteiger partial charge in [0.05, 0.1) is 11.7 Å². The van der Waals surface area contributed by atoms with E-state index in [1.807, 2.05) is 6.08 Å². The quantitative estimate of drug-likeness (QED) is 0.794. The van der Waals surface area contributed by atoms with Gasteiger partial charge in [-0.15, -0.1) is 0 Å². The molecule has 0 aromatic heterocycles. The molecule has 1 heterocycles. The molecule has 0 spiro atoms. The van der Waals surface area contributed by atoms with Crippen molar-refractivity contribution in [1.29, 1.82) is 0 Å². The number of phenolic OH excluding ortho intramolecular Hbond substituents is 1. The minimum atomic E-state index is -0.301. The number of hydrogen-bond donors (Lipinski definition) is 3. The third-order valence-corrected chi connectivity index (χ3v) is 3.42. The number of phenols is 1. The van der Waals surface area contributed by atoms with Gasteiger partial charge in [0, 0.05) is 16.1 Å². The van der Waals surface area contributed by atoms with Crippen LogP contribution in [0, 0.1) is 5.82 Å². The normalized spacial score (nSPS) is 17.7. The maximum Gasteiger partial charge on any atom is 0.128 e. The number of halogens is 2. The van der Waals surface area contributed by atoms with Crippen molar-refractivity contribution < 1.29 is 9.50 Å². The summed E-state index contributed by atoms with van der Waals surface area (Å²) in [6, 6.07) is 11.0. The molecule has 1 atom stereocenters. The van der Waals surface area contributed by atoms with E-state index >= 15 is 0 Å². The van der Waals surface area contributed by atoms with Crippen LogP contribution >= 0.6 is 11.6 Å². The highest BCUT2D eigenvalue weighted by atomic mass is 35.5. The van der Waals surface area contributed by atoms with E-state index in [1.54, 1.807) is 30.3 Å². The van der Waals surface area contributed by atoms with E-state index in [9.17, 15) is 9.50 Å². The average Bonchev–Trinajstić information content (AvgIpc) is 2.91. The minimum Gasteiger partial charge on any atom is -0.507 e. The van der Waals surface area contributed by atoms with Crippen LogP contribution in [0.4, 0.5) is 4.39 Å². The summed E-state index contributed by atoms with van der Waals surface area (Å²) >= 11 is 5.93. The SMILES string of the molecule is Oc1ccc(Cl)cc1C1=CC(c2ccccc2F)NN1. The summed E-state index contributed by atoms with van der Waals surface area (Å²) in [4.78, 5) is 0. The van der Waals surface area contributed by atoms with Crippen molar-refractivity contribution in [2.45, 2.75) is 6.04 Å². The Morgan fingerprint density at radius 2 is 1.95 bits per heavy atom. The second-order valence-corrected chi connectivity index (χ2v) is 4.95. The fourth-order valence-electron chi connectivity index (χ4n) is 2.18. The molecule has 0 saturated heterocycles. The van der Waals surface area contributed by atoms with E-state index in [-0.39, 0.29) is 17.6 Å². The van der Waals surface area contributed by atoms with Crippen LogP contribution in [0.15, 0.2) is 48.5 Å². The van der Waals surface area contributed by atoms with Gasteiger partial charge in [-0.3, -0.25) is 0 Å². The van der Waals surface area contributed by atoms with Gasteiger partial charge in [-0.2, -0.15) is 0 Å². The van der Waals surface area contributed by atoms with Crippen LogP contribution in [-0.4, -0.2) is 5.11 Å². The zero-order valence-electron chi connectivity index (χ0n) is 10.4. The van der Waals surface area contributed by atoms with Crippen molar-refractivity contribution >= 4 is 17.3 Å². The molecule has 3 nitrogen and oxygen atoms in total. The van der Waals surface area contributed by atoms with Crippen LogP contribution in [0.5, 0.6) is 5.75 Å². The Kier molecular flexibility index (Phi) is 3.34. The third kappa shape index (κ3) is 2.35. The van der Waals surface area contributed by atoms with Gasteiger partial charge in [-0.05, 0) is 30.3 Å². The number of hydrazine groups is 1. The highest BCUT2D eigenvalue weighted by Gasteiger charge is 2.21. The predicted molar refractivity (Wildman–Crippen MR) is 76.5 cm³/mol. The summed E-state index contributed by atoms with van der Waals surface area (Å²) < 4.78 is 13.7. The van der Waals surface area contributed by atoms with E-state index in [0.717, 1.165) is 0 Å². The Labute approximate surface area is 120 Å². The van der Waals surface area contributed by atoms with Gasteiger partial charge in [-0.1, -0.05) is 29.8 Å². The minimum absolute atomic E-state index is 0.115. The summed E-state index contributed by atoms with van der Waals surface area (Å²) in [5, 5.41) is 10.4. The number of nitrogens with one attached hydrogen (secondary N) is 2. The molecule has 0 bridgehead atoms. The number of benzene rings is 2. The summed E-state index contributed by atoms with van der Waals surface area (Å²) in [7, 11) is 0. The Morgan fingerprint density at radius 1 is 1.15 bits per heavy atom. The van der Waals surface area contributed by atoms with Crippen LogP contribution in [0.2, 0.25) is 5.02 Å². The summed E-state index contributed by atoms with van der Waals surface area (Å²) in [5.74, 6) is -0.163. The molecule has 2 aromatic carbocycles. The summed E-state index contributed by atoms with van der Waals surface area (Å²) in [6.07, 6.45) is 1.81. The van der Waals surface area contributed by atoms with Gasteiger partial charge in [0.15, 0.2) is 0 Å². The lowest BCUT2D eigenvalue weighted by Gasteiger charge is -2.10. The van der Waals surface area contributed by atoms with Gasteiger partial charge < -0.3 is 10.5 Å². The van der Waals surface area contributed by atoms with Gasteiger partial charge >= 0.3 is 0 Å². The second-order valence-electron chi connectivity index (χ2n) is 4.51. The first kappa shape index (κ1) is 13.0. The zero-order valence-corrected chi connectivity index (χ0v) is 11.2. The van der Waals surface area contributed by atoms with Crippen LogP contribution in [0.25, 0.3) is 5.70 Å². The monoisotopic (exact) mass is 290 g/mol. The molecular formula is C15H12ClFN2O. The standard InChI is InChI=1S/C15H12ClFN2O/c16-9-5-6-15(20)11(7-9)14-8-13(18-19-14)10-3-1-2-4-12(10)17/h1-8,13,18-20H. The first-order chi connectivity index (χ1) is 9.65. The van der Waals surface area contributed by atoms with Crippen LogP contribution in [-0.2, 0) is 0 Å². The van der Waals surface area contributed by atoms with Gasteiger partial charge in [0.2, 0.25) is 0 Å². The summed E-state index contributed by atoms with van der Waals surface area (Å²) in [5.41, 5.74) is 7.69. The summed E-state index contributed by atoms with van der Waals surface area (Å²) in [6.45, 7) is 0. The highest BCUT2D eigenvalue weighted by Crippen LogP contribution is 2.31. The Morgan fingerprint density at radius 3 is 2.75 bits per heavy atom. The predicted octanol–water partition coefficient (Wildman–Crippen LogP) is 3.37. The van der Waals surface area contributed by atoms with Crippen molar-refractivity contribution in [1.82, 2.24) is 10.9 Å². The van der Waals surface area contributed by atoms with E-state index in [1.165, 1.54) is 12.1 Å². The maximum atomic E-state index is 13.7. The molecule has 1 aliphatic heterocycles. The van der Waals surface area contributed by atoms with Crippen LogP contribution < -0.4 is 10.9 Å². The highest BCUT2D eigenvalue weighted by molar-refractivity contribution is 6.30. The molecule has 102 valence electrons. The van der Waals surface area contributed by atoms with Crippen molar-refractivity contribution in [3.63, 3.8) is 0 Å². The molecule has 0 aliphatic carbocycles. The molecule has 0 radical (unpaired) electrons. The maximum absolute atomic E-state index is 13.7. The van der Waals surface area contributed by atoms with E-state index < -0.39 is 0 Å². The fraction of sp³-hybridized carbons (Fsp3) is 0.0667. The average molecular weight is 291 g/mol. The fourth-order valence-corrected chi connectivity index (χ4v) is 2.35. The third-order valence-electron chi connectivity index (χ3n) is 3.18. The van der Waals surface area contributed by atoms with E-state index in [4.69, 9.17) is 11.6 Å². The van der Waals surface area contributed by atoms with E-state index in [0.29, 0.717) is 21.8 Å². The second kappa shape index (κ2) is 5.15. The molecule has 20 heavy (non-hydrogen) atoms. The largest absolute Gasteiger partial charge is 0.507 e. The van der Waals surface area contributed by atoms with Gasteiger partial charge in [0.25, 0.3) is 0 Å². The molecule has 0 saturated carbocycles. The zero-order chi connectivity index (χ0) is 14.1. The van der Waals surface area contributed by atoms with Crippen LogP contribution in [0.1, 0.15) is 17.2 Å². The molecule has 1 aliphatic rings. The van der Waals surface area contributed by atoms with Crippen LogP contribution in [0.3, 0.4) is 0 Å². The molecule has 3 N–H and O–H groups in total. The molecule has 2 aromatic rings. The lowest BCUT2D eigenvalue weighted by atomic mass is 10.0.